The Balaban J connectivity index is 2.03. The van der Waals surface area contributed by atoms with Gasteiger partial charge in [0.05, 0.1) is 22.0 Å². The zero-order valence-electron chi connectivity index (χ0n) is 9.69. The molecule has 5 heteroatoms. The molecule has 3 atom stereocenters. The lowest BCUT2D eigenvalue weighted by Crippen LogP contribution is -2.12. The third-order valence-electron chi connectivity index (χ3n) is 3.33. The largest absolute Gasteiger partial charge is 0.389 e. The summed E-state index contributed by atoms with van der Waals surface area (Å²) in [5.74, 6) is 0. The fourth-order valence-electron chi connectivity index (χ4n) is 2.29. The first-order valence-electron chi connectivity index (χ1n) is 5.94. The first kappa shape index (κ1) is 11.9. The first-order chi connectivity index (χ1) is 8.59. The highest BCUT2D eigenvalue weighted by Crippen LogP contribution is 2.40. The highest BCUT2D eigenvalue weighted by molar-refractivity contribution is 7.95. The number of hydrogen-bond acceptors (Lipinski definition) is 4. The summed E-state index contributed by atoms with van der Waals surface area (Å²) in [4.78, 5) is 0.461. The fourth-order valence-corrected chi connectivity index (χ4v) is 3.93. The van der Waals surface area contributed by atoms with Gasteiger partial charge < -0.3 is 9.84 Å². The highest BCUT2D eigenvalue weighted by atomic mass is 32.2. The van der Waals surface area contributed by atoms with E-state index in [2.05, 4.69) is 0 Å². The van der Waals surface area contributed by atoms with Crippen LogP contribution in [0, 0.1) is 0 Å². The van der Waals surface area contributed by atoms with Crippen LogP contribution >= 0.6 is 0 Å². The van der Waals surface area contributed by atoms with Crippen molar-refractivity contribution < 1.29 is 18.3 Å². The molecule has 4 nitrogen and oxygen atoms in total. The van der Waals surface area contributed by atoms with Crippen LogP contribution < -0.4 is 0 Å². The summed E-state index contributed by atoms with van der Waals surface area (Å²) in [5.41, 5.74) is 0. The van der Waals surface area contributed by atoms with Gasteiger partial charge in [0.1, 0.15) is 6.10 Å². The van der Waals surface area contributed by atoms with E-state index < -0.39 is 15.9 Å². The highest BCUT2D eigenvalue weighted by Gasteiger charge is 2.48. The molecule has 0 aromatic heterocycles. The molecule has 0 radical (unpaired) electrons. The topological polar surface area (TPSA) is 66.9 Å². The lowest BCUT2D eigenvalue weighted by atomic mass is 10.2. The standard InChI is InChI=1S/C13H14O4S/c14-9-6-7-11-13(17-11)12(8-9)18(15,16)10-4-2-1-3-5-10/h1-5,8-9,11,13-14H,6-7H2/t9-,11+,13+/m1/s1. The van der Waals surface area contributed by atoms with Gasteiger partial charge in [-0.05, 0) is 31.1 Å². The van der Waals surface area contributed by atoms with Crippen LogP contribution in [0.4, 0.5) is 0 Å². The zero-order chi connectivity index (χ0) is 12.8. The van der Waals surface area contributed by atoms with Crippen molar-refractivity contribution in [1.29, 1.82) is 0 Å². The van der Waals surface area contributed by atoms with Gasteiger partial charge in [0, 0.05) is 0 Å². The average Bonchev–Trinajstić information content (AvgIpc) is 3.13. The van der Waals surface area contributed by atoms with E-state index >= 15 is 0 Å². The average molecular weight is 266 g/mol. The molecule has 0 bridgehead atoms. The van der Waals surface area contributed by atoms with Crippen molar-refractivity contribution in [2.45, 2.75) is 36.0 Å². The number of sulfone groups is 1. The Hall–Kier alpha value is -1.17. The minimum atomic E-state index is -3.55. The lowest BCUT2D eigenvalue weighted by molar-refractivity contribution is 0.201. The van der Waals surface area contributed by atoms with Crippen LogP contribution in [0.5, 0.6) is 0 Å². The normalized spacial score (nSPS) is 31.2. The van der Waals surface area contributed by atoms with Crippen molar-refractivity contribution in [3.63, 3.8) is 0 Å². The molecule has 2 aliphatic rings. The predicted octanol–water partition coefficient (Wildman–Crippen LogP) is 1.27. The van der Waals surface area contributed by atoms with Gasteiger partial charge in [-0.3, -0.25) is 0 Å². The number of aliphatic hydroxyl groups is 1. The van der Waals surface area contributed by atoms with Crippen LogP contribution in [0.1, 0.15) is 12.8 Å². The van der Waals surface area contributed by atoms with Crippen molar-refractivity contribution >= 4 is 9.84 Å². The Morgan fingerprint density at radius 3 is 2.61 bits per heavy atom. The predicted molar refractivity (Wildman–Crippen MR) is 65.6 cm³/mol. The van der Waals surface area contributed by atoms with Gasteiger partial charge in [0.2, 0.25) is 9.84 Å². The second-order valence-corrected chi connectivity index (χ2v) is 6.58. The maximum Gasteiger partial charge on any atom is 0.205 e. The minimum absolute atomic E-state index is 0.0492. The number of epoxide rings is 1. The molecule has 3 rings (SSSR count). The van der Waals surface area contributed by atoms with Gasteiger partial charge in [-0.2, -0.15) is 0 Å². The number of benzene rings is 1. The van der Waals surface area contributed by atoms with Crippen molar-refractivity contribution in [2.75, 3.05) is 0 Å². The number of fused-ring (bicyclic) bond motifs is 1. The summed E-state index contributed by atoms with van der Waals surface area (Å²) in [7, 11) is -3.55. The third-order valence-corrected chi connectivity index (χ3v) is 5.21. The van der Waals surface area contributed by atoms with Gasteiger partial charge in [0.25, 0.3) is 0 Å². The first-order valence-corrected chi connectivity index (χ1v) is 7.43. The molecule has 1 fully saturated rings. The second kappa shape index (κ2) is 4.19. The SMILES string of the molecule is O=S(=O)(C1=C[C@H](O)CC[C@@H]2O[C@H]12)c1ccccc1. The van der Waals surface area contributed by atoms with Crippen molar-refractivity contribution in [2.24, 2.45) is 0 Å². The molecule has 1 aliphatic carbocycles. The molecule has 1 N–H and O–H groups in total. The molecule has 1 saturated heterocycles. The van der Waals surface area contributed by atoms with Gasteiger partial charge in [0.15, 0.2) is 0 Å². The van der Waals surface area contributed by atoms with Crippen LogP contribution in [-0.4, -0.2) is 31.8 Å². The van der Waals surface area contributed by atoms with Crippen LogP contribution in [0.2, 0.25) is 0 Å². The van der Waals surface area contributed by atoms with Crippen LogP contribution in [0.15, 0.2) is 46.2 Å². The molecule has 1 heterocycles. The van der Waals surface area contributed by atoms with E-state index in [0.717, 1.165) is 0 Å². The molecule has 18 heavy (non-hydrogen) atoms. The molecule has 0 saturated carbocycles. The van der Waals surface area contributed by atoms with Crippen LogP contribution in [0.25, 0.3) is 0 Å². The van der Waals surface area contributed by atoms with Crippen molar-refractivity contribution in [3.8, 4) is 0 Å². The maximum atomic E-state index is 12.5. The molecule has 96 valence electrons. The summed E-state index contributed by atoms with van der Waals surface area (Å²) in [5, 5.41) is 9.71. The fraction of sp³-hybridized carbons (Fsp3) is 0.385. The number of aliphatic hydroxyl groups excluding tert-OH is 1. The number of ether oxygens (including phenoxy) is 1. The van der Waals surface area contributed by atoms with Crippen LogP contribution in [0.3, 0.4) is 0 Å². The maximum absolute atomic E-state index is 12.5. The monoisotopic (exact) mass is 266 g/mol. The Bertz CT molecular complexity index is 576. The van der Waals surface area contributed by atoms with E-state index in [1.54, 1.807) is 30.3 Å². The number of rotatable bonds is 2. The van der Waals surface area contributed by atoms with E-state index in [9.17, 15) is 13.5 Å². The summed E-state index contributed by atoms with van der Waals surface area (Å²) in [6.45, 7) is 0. The van der Waals surface area contributed by atoms with E-state index in [-0.39, 0.29) is 22.0 Å². The minimum Gasteiger partial charge on any atom is -0.389 e. The molecule has 0 spiro atoms. The molecule has 0 unspecified atom stereocenters. The summed E-state index contributed by atoms with van der Waals surface area (Å²) < 4.78 is 30.3. The summed E-state index contributed by atoms with van der Waals surface area (Å²) >= 11 is 0. The van der Waals surface area contributed by atoms with E-state index in [4.69, 9.17) is 4.74 Å². The molecule has 1 aliphatic heterocycles. The molecule has 0 amide bonds. The Morgan fingerprint density at radius 2 is 1.89 bits per heavy atom. The molecular weight excluding hydrogens is 252 g/mol. The lowest BCUT2D eigenvalue weighted by Gasteiger charge is -2.08. The van der Waals surface area contributed by atoms with Gasteiger partial charge >= 0.3 is 0 Å². The number of hydrogen-bond donors (Lipinski definition) is 1. The van der Waals surface area contributed by atoms with Crippen molar-refractivity contribution in [1.82, 2.24) is 0 Å². The quantitative estimate of drug-likeness (QED) is 0.818. The van der Waals surface area contributed by atoms with Crippen molar-refractivity contribution in [3.05, 3.63) is 41.3 Å². The summed E-state index contributed by atoms with van der Waals surface area (Å²) in [6.07, 6.45) is 1.57. The van der Waals surface area contributed by atoms with Gasteiger partial charge in [-0.25, -0.2) is 8.42 Å². The van der Waals surface area contributed by atoms with E-state index in [1.165, 1.54) is 6.08 Å². The van der Waals surface area contributed by atoms with E-state index in [0.29, 0.717) is 12.8 Å². The smallest absolute Gasteiger partial charge is 0.205 e. The van der Waals surface area contributed by atoms with Gasteiger partial charge in [-0.15, -0.1) is 0 Å². The van der Waals surface area contributed by atoms with Gasteiger partial charge in [-0.1, -0.05) is 18.2 Å². The molecular formula is C13H14O4S. The summed E-state index contributed by atoms with van der Waals surface area (Å²) in [6, 6.07) is 8.26. The Morgan fingerprint density at radius 1 is 1.17 bits per heavy atom. The van der Waals surface area contributed by atoms with Crippen LogP contribution in [-0.2, 0) is 14.6 Å². The molecule has 1 aromatic rings. The molecule has 1 aromatic carbocycles. The Labute approximate surface area is 106 Å². The third kappa shape index (κ3) is 1.98. The zero-order valence-corrected chi connectivity index (χ0v) is 10.5. The van der Waals surface area contributed by atoms with E-state index in [1.807, 2.05) is 0 Å². The Kier molecular flexibility index (Phi) is 2.77. The second-order valence-electron chi connectivity index (χ2n) is 4.63.